The summed E-state index contributed by atoms with van der Waals surface area (Å²) in [6.45, 7) is 3.25. The molecule has 2 fully saturated rings. The van der Waals surface area contributed by atoms with Gasteiger partial charge in [0.25, 0.3) is 5.92 Å². The number of thiazole rings is 1. The average Bonchev–Trinajstić information content (AvgIpc) is 3.63. The van der Waals surface area contributed by atoms with Crippen LogP contribution in [0.5, 0.6) is 0 Å². The molecule has 1 aromatic heterocycles. The second-order valence-corrected chi connectivity index (χ2v) is 11.0. The molecule has 41 heavy (non-hydrogen) atoms. The van der Waals surface area contributed by atoms with Crippen molar-refractivity contribution in [2.45, 2.75) is 44.8 Å². The van der Waals surface area contributed by atoms with Crippen LogP contribution in [-0.4, -0.2) is 87.8 Å². The number of halogens is 3. The van der Waals surface area contributed by atoms with Gasteiger partial charge < -0.3 is 20.1 Å². The zero-order valence-electron chi connectivity index (χ0n) is 22.4. The predicted octanol–water partition coefficient (Wildman–Crippen LogP) is 2.75. The van der Waals surface area contributed by atoms with Crippen LogP contribution in [0.15, 0.2) is 46.0 Å². The number of benzene rings is 1. The first-order valence-electron chi connectivity index (χ1n) is 13.0. The van der Waals surface area contributed by atoms with E-state index in [0.717, 1.165) is 4.90 Å². The van der Waals surface area contributed by atoms with Gasteiger partial charge >= 0.3 is 11.9 Å². The lowest BCUT2D eigenvalue weighted by molar-refractivity contribution is -0.152. The van der Waals surface area contributed by atoms with Crippen molar-refractivity contribution in [3.05, 3.63) is 63.0 Å². The van der Waals surface area contributed by atoms with Crippen LogP contribution < -0.4 is 5.32 Å². The lowest BCUT2D eigenvalue weighted by atomic mass is 9.92. The molecule has 0 radical (unpaired) electrons. The Morgan fingerprint density at radius 2 is 2.10 bits per heavy atom. The summed E-state index contributed by atoms with van der Waals surface area (Å²) in [5, 5.41) is 14.7. The summed E-state index contributed by atoms with van der Waals surface area (Å²) in [4.78, 5) is 49.2. The number of fused-ring (bicyclic) bond motifs is 1. The molecule has 0 bridgehead atoms. The number of aromatic nitrogens is 1. The number of aliphatic imine (C=N–C) groups is 1. The molecule has 10 nitrogen and oxygen atoms in total. The SMILES string of the molecule is CCOC(=O)C1=C(CN2CC(F)(F)[C@@H]3C(=O)N(C(C)C(=O)O)C[C@@H]32)NC(c2nccs2)=N[C@H]1c1cccc(F)c1C. The molecular formula is C27H28F3N5O5S. The number of aliphatic carboxylic acids is 1. The fourth-order valence-electron chi connectivity index (χ4n) is 5.64. The second kappa shape index (κ2) is 10.9. The first-order valence-corrected chi connectivity index (χ1v) is 13.9. The topological polar surface area (TPSA) is 124 Å². The van der Waals surface area contributed by atoms with Crippen LogP contribution in [0.1, 0.15) is 36.0 Å². The number of carbonyl (C=O) groups is 3. The van der Waals surface area contributed by atoms with Crippen molar-refractivity contribution >= 4 is 35.0 Å². The number of amidine groups is 1. The van der Waals surface area contributed by atoms with Crippen LogP contribution in [-0.2, 0) is 19.1 Å². The van der Waals surface area contributed by atoms with E-state index in [-0.39, 0.29) is 42.4 Å². The molecule has 0 saturated carbocycles. The van der Waals surface area contributed by atoms with Gasteiger partial charge in [0.1, 0.15) is 23.8 Å². The monoisotopic (exact) mass is 591 g/mol. The van der Waals surface area contributed by atoms with E-state index in [1.165, 1.54) is 35.3 Å². The van der Waals surface area contributed by atoms with Gasteiger partial charge in [-0.25, -0.2) is 27.7 Å². The van der Waals surface area contributed by atoms with Crippen molar-refractivity contribution in [3.8, 4) is 0 Å². The number of hydrogen-bond donors (Lipinski definition) is 2. The summed E-state index contributed by atoms with van der Waals surface area (Å²) in [7, 11) is 0. The zero-order chi connectivity index (χ0) is 29.6. The molecular weight excluding hydrogens is 563 g/mol. The molecule has 4 atom stereocenters. The zero-order valence-corrected chi connectivity index (χ0v) is 23.3. The fraction of sp³-hybridized carbons (Fsp3) is 0.444. The van der Waals surface area contributed by atoms with Crippen molar-refractivity contribution in [3.63, 3.8) is 0 Å². The van der Waals surface area contributed by atoms with E-state index in [9.17, 15) is 23.9 Å². The largest absolute Gasteiger partial charge is 0.480 e. The number of carboxylic acid groups (broad SMARTS) is 1. The number of ether oxygens (including phenoxy) is 1. The molecule has 2 N–H and O–H groups in total. The van der Waals surface area contributed by atoms with E-state index in [1.807, 2.05) is 0 Å². The maximum absolute atomic E-state index is 15.3. The van der Waals surface area contributed by atoms with E-state index in [0.29, 0.717) is 10.6 Å². The maximum Gasteiger partial charge on any atom is 0.338 e. The first-order chi connectivity index (χ1) is 19.4. The molecule has 5 rings (SSSR count). The Morgan fingerprint density at radius 3 is 2.76 bits per heavy atom. The smallest absolute Gasteiger partial charge is 0.338 e. The molecule has 0 spiro atoms. The van der Waals surface area contributed by atoms with E-state index < -0.39 is 60.2 Å². The summed E-state index contributed by atoms with van der Waals surface area (Å²) in [6, 6.07) is 1.09. The highest BCUT2D eigenvalue weighted by atomic mass is 32.1. The third kappa shape index (κ3) is 5.10. The molecule has 1 aromatic carbocycles. The number of nitrogens with one attached hydrogen (secondary N) is 1. The Kier molecular flexibility index (Phi) is 7.64. The van der Waals surface area contributed by atoms with E-state index in [1.54, 1.807) is 31.5 Å². The Bertz CT molecular complexity index is 1450. The molecule has 3 aliphatic heterocycles. The highest BCUT2D eigenvalue weighted by Gasteiger charge is 2.63. The van der Waals surface area contributed by atoms with Gasteiger partial charge in [0.05, 0.1) is 18.7 Å². The number of rotatable bonds is 8. The molecule has 0 aliphatic carbocycles. The predicted molar refractivity (Wildman–Crippen MR) is 142 cm³/mol. The van der Waals surface area contributed by atoms with Crippen molar-refractivity contribution < 1.29 is 37.4 Å². The second-order valence-electron chi connectivity index (χ2n) is 10.1. The van der Waals surface area contributed by atoms with Crippen LogP contribution in [0.2, 0.25) is 0 Å². The minimum Gasteiger partial charge on any atom is -0.480 e. The van der Waals surface area contributed by atoms with Crippen LogP contribution in [0.3, 0.4) is 0 Å². The quantitative estimate of drug-likeness (QED) is 0.450. The number of amides is 1. The number of esters is 1. The number of nitrogens with zero attached hydrogens (tertiary/aromatic N) is 4. The Labute approximate surface area is 237 Å². The van der Waals surface area contributed by atoms with E-state index >= 15 is 8.78 Å². The van der Waals surface area contributed by atoms with Gasteiger partial charge in [-0.05, 0) is 38.0 Å². The lowest BCUT2D eigenvalue weighted by Gasteiger charge is -2.32. The van der Waals surface area contributed by atoms with Gasteiger partial charge in [-0.1, -0.05) is 12.1 Å². The number of alkyl halides is 2. The lowest BCUT2D eigenvalue weighted by Crippen LogP contribution is -2.46. The van der Waals surface area contributed by atoms with Crippen LogP contribution in [0.4, 0.5) is 13.2 Å². The fourth-order valence-corrected chi connectivity index (χ4v) is 6.23. The van der Waals surface area contributed by atoms with E-state index in [4.69, 9.17) is 9.73 Å². The van der Waals surface area contributed by atoms with Gasteiger partial charge in [0, 0.05) is 36.4 Å². The average molecular weight is 592 g/mol. The highest BCUT2D eigenvalue weighted by Crippen LogP contribution is 2.44. The van der Waals surface area contributed by atoms with Gasteiger partial charge in [-0.3, -0.25) is 14.7 Å². The van der Waals surface area contributed by atoms with Crippen LogP contribution >= 0.6 is 11.3 Å². The number of hydrogen-bond acceptors (Lipinski definition) is 9. The normalized spacial score (nSPS) is 24.6. The minimum absolute atomic E-state index is 0.0210. The summed E-state index contributed by atoms with van der Waals surface area (Å²) in [5.41, 5.74) is 0.872. The number of likely N-dealkylation sites (tertiary alicyclic amines) is 2. The van der Waals surface area contributed by atoms with Gasteiger partial charge in [-0.15, -0.1) is 11.3 Å². The minimum atomic E-state index is -3.43. The highest BCUT2D eigenvalue weighted by molar-refractivity contribution is 7.11. The van der Waals surface area contributed by atoms with E-state index in [2.05, 4.69) is 10.3 Å². The van der Waals surface area contributed by atoms with Gasteiger partial charge in [-0.2, -0.15) is 0 Å². The maximum atomic E-state index is 15.3. The molecule has 2 saturated heterocycles. The Balaban J connectivity index is 1.59. The number of carbonyl (C=O) groups excluding carboxylic acids is 2. The molecule has 1 unspecified atom stereocenters. The Morgan fingerprint density at radius 1 is 1.34 bits per heavy atom. The van der Waals surface area contributed by atoms with Crippen LogP contribution in [0, 0.1) is 18.7 Å². The number of carboxylic acids is 1. The van der Waals surface area contributed by atoms with Crippen molar-refractivity contribution in [1.29, 1.82) is 0 Å². The van der Waals surface area contributed by atoms with Crippen LogP contribution in [0.25, 0.3) is 0 Å². The van der Waals surface area contributed by atoms with Crippen molar-refractivity contribution in [1.82, 2.24) is 20.1 Å². The van der Waals surface area contributed by atoms with Crippen molar-refractivity contribution in [2.24, 2.45) is 10.9 Å². The molecule has 4 heterocycles. The van der Waals surface area contributed by atoms with Gasteiger partial charge in [0.15, 0.2) is 10.8 Å². The third-order valence-corrected chi connectivity index (χ3v) is 8.48. The first kappa shape index (κ1) is 28.7. The molecule has 14 heteroatoms. The summed E-state index contributed by atoms with van der Waals surface area (Å²) < 4.78 is 50.5. The summed E-state index contributed by atoms with van der Waals surface area (Å²) in [6.07, 6.45) is 1.56. The molecule has 3 aliphatic rings. The van der Waals surface area contributed by atoms with Gasteiger partial charge in [0.2, 0.25) is 5.91 Å². The standard InChI is InChI=1S/C27H28F3N5O5S/c1-4-40-26(39)19-17(10-34-12-27(29,30)20-18(34)11-35(24(20)36)14(3)25(37)38)32-22(23-31-8-9-41-23)33-21(19)15-6-5-7-16(28)13(15)2/h5-9,14,18,20-21H,4,10-12H2,1-3H3,(H,32,33)(H,37,38)/t14?,18-,20-,21-/m0/s1. The summed E-state index contributed by atoms with van der Waals surface area (Å²) >= 11 is 1.26. The molecule has 2 aromatic rings. The Hall–Kier alpha value is -3.78. The third-order valence-electron chi connectivity index (χ3n) is 7.70. The molecule has 218 valence electrons. The van der Waals surface area contributed by atoms with Crippen molar-refractivity contribution in [2.75, 3.05) is 26.2 Å². The summed E-state index contributed by atoms with van der Waals surface area (Å²) in [5.74, 6) is -8.37. The molecule has 1 amide bonds.